The number of fused-ring (bicyclic) bond motifs is 1. The lowest BCUT2D eigenvalue weighted by Crippen LogP contribution is -2.33. The lowest BCUT2D eigenvalue weighted by molar-refractivity contribution is 0.0696. The summed E-state index contributed by atoms with van der Waals surface area (Å²) in [5.41, 5.74) is 7.51. The second kappa shape index (κ2) is 7.12. The zero-order valence-corrected chi connectivity index (χ0v) is 18.0. The molecule has 2 aliphatic carbocycles. The van der Waals surface area contributed by atoms with Crippen LogP contribution in [0.15, 0.2) is 42.1 Å². The molecule has 0 bridgehead atoms. The maximum Gasteiger partial charge on any atom is 0.337 e. The number of carboxylic acid groups (broad SMARTS) is 1. The van der Waals surface area contributed by atoms with Crippen LogP contribution in [0.1, 0.15) is 98.5 Å². The van der Waals surface area contributed by atoms with Crippen LogP contribution in [0.4, 0.5) is 0 Å². The van der Waals surface area contributed by atoms with Gasteiger partial charge in [0.1, 0.15) is 0 Å². The van der Waals surface area contributed by atoms with Crippen molar-refractivity contribution in [3.8, 4) is 0 Å². The number of aromatic carboxylic acids is 1. The predicted octanol–water partition coefficient (Wildman–Crippen LogP) is 6.48. The van der Waals surface area contributed by atoms with Gasteiger partial charge in [0.15, 0.2) is 0 Å². The Hall–Kier alpha value is -2.42. The van der Waals surface area contributed by atoms with Crippen molar-refractivity contribution in [2.75, 3.05) is 0 Å². The Bertz CT molecular complexity index is 967. The SMILES string of the molecule is CC1(C)CCC(C)(C)c2cc(C3CCC(=Cc4ccc(C(=O)O)cn4)C3)ccc21. The molecule has 0 saturated heterocycles. The Morgan fingerprint density at radius 2 is 1.79 bits per heavy atom. The Morgan fingerprint density at radius 1 is 1.07 bits per heavy atom. The molecule has 1 N–H and O–H groups in total. The van der Waals surface area contributed by atoms with Gasteiger partial charge in [-0.25, -0.2) is 4.79 Å². The number of benzene rings is 1. The van der Waals surface area contributed by atoms with Crippen molar-refractivity contribution in [2.24, 2.45) is 0 Å². The van der Waals surface area contributed by atoms with Crippen molar-refractivity contribution in [1.29, 1.82) is 0 Å². The largest absolute Gasteiger partial charge is 0.478 e. The van der Waals surface area contributed by atoms with Crippen molar-refractivity contribution in [2.45, 2.75) is 76.5 Å². The first kappa shape index (κ1) is 19.9. The van der Waals surface area contributed by atoms with Gasteiger partial charge in [-0.15, -0.1) is 0 Å². The molecule has 1 aromatic heterocycles. The molecule has 0 radical (unpaired) electrons. The van der Waals surface area contributed by atoms with Crippen LogP contribution in [0.2, 0.25) is 0 Å². The quantitative estimate of drug-likeness (QED) is 0.653. The van der Waals surface area contributed by atoms with Gasteiger partial charge in [-0.05, 0) is 83.8 Å². The minimum atomic E-state index is -0.934. The highest BCUT2D eigenvalue weighted by atomic mass is 16.4. The number of aromatic nitrogens is 1. The second-order valence-corrected chi connectivity index (χ2v) is 10.1. The number of allylic oxidation sites excluding steroid dienone is 1. The molecule has 1 heterocycles. The summed E-state index contributed by atoms with van der Waals surface area (Å²) in [5, 5.41) is 9.02. The van der Waals surface area contributed by atoms with Gasteiger partial charge < -0.3 is 5.11 Å². The van der Waals surface area contributed by atoms with Crippen molar-refractivity contribution >= 4 is 12.0 Å². The van der Waals surface area contributed by atoms with Crippen LogP contribution in [0.3, 0.4) is 0 Å². The highest BCUT2D eigenvalue weighted by Gasteiger charge is 2.37. The van der Waals surface area contributed by atoms with Crippen molar-refractivity contribution < 1.29 is 9.90 Å². The standard InChI is InChI=1S/C26H31NO2/c1-25(2)11-12-26(3,4)23-15-19(8-10-22(23)25)18-6-5-17(13-18)14-21-9-7-20(16-27-21)24(28)29/h7-10,14-16,18H,5-6,11-13H2,1-4H3,(H,28,29). The second-order valence-electron chi connectivity index (χ2n) is 10.1. The van der Waals surface area contributed by atoms with Gasteiger partial charge in [-0.3, -0.25) is 4.98 Å². The minimum absolute atomic E-state index is 0.232. The van der Waals surface area contributed by atoms with Gasteiger partial charge in [0.25, 0.3) is 0 Å². The molecule has 1 aromatic carbocycles. The molecule has 0 spiro atoms. The van der Waals surface area contributed by atoms with Crippen LogP contribution in [0.5, 0.6) is 0 Å². The van der Waals surface area contributed by atoms with E-state index in [0.717, 1.165) is 18.5 Å². The van der Waals surface area contributed by atoms with Crippen LogP contribution >= 0.6 is 0 Å². The summed E-state index contributed by atoms with van der Waals surface area (Å²) in [4.78, 5) is 15.3. The fraction of sp³-hybridized carbons (Fsp3) is 0.462. The summed E-state index contributed by atoms with van der Waals surface area (Å²) in [6.45, 7) is 9.52. The molecule has 0 amide bonds. The van der Waals surface area contributed by atoms with Gasteiger partial charge in [0, 0.05) is 6.20 Å². The van der Waals surface area contributed by atoms with E-state index in [4.69, 9.17) is 5.11 Å². The smallest absolute Gasteiger partial charge is 0.337 e. The van der Waals surface area contributed by atoms with Crippen LogP contribution in [-0.4, -0.2) is 16.1 Å². The van der Waals surface area contributed by atoms with Gasteiger partial charge in [-0.1, -0.05) is 51.5 Å². The van der Waals surface area contributed by atoms with Crippen molar-refractivity contribution in [3.05, 3.63) is 70.0 Å². The molecule has 1 unspecified atom stereocenters. The number of rotatable bonds is 3. The molecule has 152 valence electrons. The Labute approximate surface area is 173 Å². The number of nitrogens with zero attached hydrogens (tertiary/aromatic N) is 1. The molecule has 0 aliphatic heterocycles. The molecule has 3 nitrogen and oxygen atoms in total. The van der Waals surface area contributed by atoms with E-state index in [1.807, 2.05) is 0 Å². The fourth-order valence-electron chi connectivity index (χ4n) is 4.98. The molecule has 4 rings (SSSR count). The van der Waals surface area contributed by atoms with E-state index in [9.17, 15) is 4.79 Å². The van der Waals surface area contributed by atoms with E-state index in [-0.39, 0.29) is 16.4 Å². The minimum Gasteiger partial charge on any atom is -0.478 e. The maximum absolute atomic E-state index is 11.0. The highest BCUT2D eigenvalue weighted by molar-refractivity contribution is 5.87. The van der Waals surface area contributed by atoms with E-state index in [0.29, 0.717) is 5.92 Å². The molecule has 29 heavy (non-hydrogen) atoms. The van der Waals surface area contributed by atoms with E-state index >= 15 is 0 Å². The molecule has 3 heteroatoms. The first-order valence-electron chi connectivity index (χ1n) is 10.7. The number of hydrogen-bond donors (Lipinski definition) is 1. The van der Waals surface area contributed by atoms with Gasteiger partial charge >= 0.3 is 5.97 Å². The zero-order chi connectivity index (χ0) is 20.8. The first-order chi connectivity index (χ1) is 13.7. The van der Waals surface area contributed by atoms with Gasteiger partial charge in [-0.2, -0.15) is 0 Å². The monoisotopic (exact) mass is 389 g/mol. The summed E-state index contributed by atoms with van der Waals surface area (Å²) < 4.78 is 0. The summed E-state index contributed by atoms with van der Waals surface area (Å²) in [5.74, 6) is -0.373. The van der Waals surface area contributed by atoms with E-state index in [1.54, 1.807) is 12.1 Å². The number of hydrogen-bond acceptors (Lipinski definition) is 2. The zero-order valence-electron chi connectivity index (χ0n) is 18.0. The van der Waals surface area contributed by atoms with E-state index in [1.165, 1.54) is 47.7 Å². The Kier molecular flexibility index (Phi) is 4.88. The summed E-state index contributed by atoms with van der Waals surface area (Å²) in [6.07, 6.45) is 9.37. The fourth-order valence-corrected chi connectivity index (χ4v) is 4.98. The third-order valence-corrected chi connectivity index (χ3v) is 7.06. The Morgan fingerprint density at radius 3 is 2.45 bits per heavy atom. The van der Waals surface area contributed by atoms with Crippen LogP contribution < -0.4 is 0 Å². The molecule has 1 fully saturated rings. The highest BCUT2D eigenvalue weighted by Crippen LogP contribution is 2.48. The molecule has 2 aliphatic rings. The van der Waals surface area contributed by atoms with Crippen molar-refractivity contribution in [3.63, 3.8) is 0 Å². The predicted molar refractivity (Wildman–Crippen MR) is 117 cm³/mol. The van der Waals surface area contributed by atoms with Crippen LogP contribution in [-0.2, 0) is 10.8 Å². The molecular weight excluding hydrogens is 358 g/mol. The van der Waals surface area contributed by atoms with E-state index in [2.05, 4.69) is 57.0 Å². The van der Waals surface area contributed by atoms with Gasteiger partial charge in [0.05, 0.1) is 11.3 Å². The topological polar surface area (TPSA) is 50.2 Å². The maximum atomic E-state index is 11.0. The summed E-state index contributed by atoms with van der Waals surface area (Å²) in [7, 11) is 0. The number of pyridine rings is 1. The lowest BCUT2D eigenvalue weighted by atomic mass is 9.62. The van der Waals surface area contributed by atoms with Crippen LogP contribution in [0, 0.1) is 0 Å². The van der Waals surface area contributed by atoms with Crippen molar-refractivity contribution in [1.82, 2.24) is 4.98 Å². The third kappa shape index (κ3) is 3.88. The lowest BCUT2D eigenvalue weighted by Gasteiger charge is -2.42. The molecule has 2 aromatic rings. The molecular formula is C26H31NO2. The summed E-state index contributed by atoms with van der Waals surface area (Å²) in [6, 6.07) is 10.7. The average molecular weight is 390 g/mol. The Balaban J connectivity index is 1.56. The molecule has 1 atom stereocenters. The average Bonchev–Trinajstić information content (AvgIpc) is 3.14. The summed E-state index contributed by atoms with van der Waals surface area (Å²) >= 11 is 0. The number of carbonyl (C=O) groups is 1. The third-order valence-electron chi connectivity index (χ3n) is 7.06. The molecule has 1 saturated carbocycles. The van der Waals surface area contributed by atoms with Crippen LogP contribution in [0.25, 0.3) is 6.08 Å². The van der Waals surface area contributed by atoms with E-state index < -0.39 is 5.97 Å². The first-order valence-corrected chi connectivity index (χ1v) is 10.7. The number of carboxylic acids is 1. The normalized spacial score (nSPS) is 23.7. The van der Waals surface area contributed by atoms with Gasteiger partial charge in [0.2, 0.25) is 0 Å².